The number of methoxy groups -OCH3 is 1. The van der Waals surface area contributed by atoms with Crippen LogP contribution in [-0.4, -0.2) is 79.1 Å². The minimum absolute atomic E-state index is 0.0707. The summed E-state index contributed by atoms with van der Waals surface area (Å²) in [4.78, 5) is 36.8. The second-order valence-electron chi connectivity index (χ2n) is 15.1. The number of aromatic nitrogens is 4. The highest BCUT2D eigenvalue weighted by atomic mass is 32.2. The van der Waals surface area contributed by atoms with Crippen LogP contribution in [0.3, 0.4) is 0 Å². The van der Waals surface area contributed by atoms with E-state index in [9.17, 15) is 13.2 Å². The van der Waals surface area contributed by atoms with Crippen LogP contribution in [-0.2, 0) is 27.7 Å². The molecule has 1 aliphatic heterocycles. The van der Waals surface area contributed by atoms with Gasteiger partial charge in [-0.05, 0) is 67.3 Å². The Morgan fingerprint density at radius 2 is 1.79 bits per heavy atom. The number of nitrogens with one attached hydrogen (secondary N) is 1. The van der Waals surface area contributed by atoms with Gasteiger partial charge in [0.15, 0.2) is 0 Å². The number of aryl methyl sites for hydroxylation is 1. The molecule has 0 fully saturated rings. The molecule has 2 aromatic carbocycles. The zero-order chi connectivity index (χ0) is 37.8. The summed E-state index contributed by atoms with van der Waals surface area (Å²) in [6.07, 6.45) is 4.82. The lowest BCUT2D eigenvalue weighted by molar-refractivity contribution is 0.0504. The molecular weight excluding hydrogens is 679 g/mol. The third-order valence-corrected chi connectivity index (χ3v) is 10.3. The van der Waals surface area contributed by atoms with Crippen LogP contribution < -0.4 is 14.4 Å². The van der Waals surface area contributed by atoms with E-state index < -0.39 is 16.1 Å². The number of ether oxygens (including phenoxy) is 2. The Labute approximate surface area is 308 Å². The van der Waals surface area contributed by atoms with Crippen LogP contribution in [0.25, 0.3) is 11.3 Å². The Balaban J connectivity index is 1.65. The van der Waals surface area contributed by atoms with Gasteiger partial charge in [0, 0.05) is 37.4 Å². The van der Waals surface area contributed by atoms with E-state index in [0.717, 1.165) is 28.8 Å². The summed E-state index contributed by atoms with van der Waals surface area (Å²) in [6, 6.07) is 11.7. The van der Waals surface area contributed by atoms with E-state index >= 15 is 0 Å². The number of fused-ring (bicyclic) bond motifs is 4. The summed E-state index contributed by atoms with van der Waals surface area (Å²) in [6.45, 7) is 15.9. The van der Waals surface area contributed by atoms with Crippen molar-refractivity contribution < 1.29 is 22.7 Å². The molecule has 12 nitrogen and oxygen atoms in total. The van der Waals surface area contributed by atoms with Crippen molar-refractivity contribution in [1.29, 1.82) is 0 Å². The lowest BCUT2D eigenvalue weighted by Gasteiger charge is -2.35. The van der Waals surface area contributed by atoms with Crippen molar-refractivity contribution in [1.82, 2.24) is 24.8 Å². The number of carbonyl (C=O) groups excluding carboxylic acids is 1. The van der Waals surface area contributed by atoms with Crippen molar-refractivity contribution in [2.24, 2.45) is 11.3 Å². The summed E-state index contributed by atoms with van der Waals surface area (Å²) in [7, 11) is -0.625. The molecule has 4 aromatic rings. The smallest absolute Gasteiger partial charge is 0.264 e. The summed E-state index contributed by atoms with van der Waals surface area (Å²) in [5.74, 6) is 0.569. The first-order chi connectivity index (χ1) is 24.6. The maximum absolute atomic E-state index is 14.5. The van der Waals surface area contributed by atoms with Crippen LogP contribution in [0, 0.1) is 25.2 Å². The van der Waals surface area contributed by atoms with Gasteiger partial charge >= 0.3 is 0 Å². The SMILES string of the molecule is COCCN(C)c1cnc(CN2C(=O)c3cccc(c3)S(=O)(=O)Nc3nc(c(C)c(-c4c(C)cccc4CC(C)C)n3)OC[C@H]2CC(C)(C)C)nc1. The fourth-order valence-electron chi connectivity index (χ4n) is 6.39. The molecule has 52 heavy (non-hydrogen) atoms. The summed E-state index contributed by atoms with van der Waals surface area (Å²) >= 11 is 0. The highest BCUT2D eigenvalue weighted by Crippen LogP contribution is 2.36. The molecule has 4 bridgehead atoms. The van der Waals surface area contributed by atoms with E-state index in [1.54, 1.807) is 36.5 Å². The van der Waals surface area contributed by atoms with E-state index in [2.05, 4.69) is 60.4 Å². The monoisotopic (exact) mass is 729 g/mol. The number of likely N-dealkylation sites (N-methyl/N-ethyl adjacent to an activating group) is 1. The van der Waals surface area contributed by atoms with Crippen molar-refractivity contribution in [3.8, 4) is 17.1 Å². The second kappa shape index (κ2) is 16.0. The van der Waals surface area contributed by atoms with E-state index in [0.29, 0.717) is 42.6 Å². The lowest BCUT2D eigenvalue weighted by Crippen LogP contribution is -2.45. The van der Waals surface area contributed by atoms with Crippen LogP contribution >= 0.6 is 0 Å². The predicted molar refractivity (Wildman–Crippen MR) is 203 cm³/mol. The van der Waals surface area contributed by atoms with Gasteiger partial charge in [0.2, 0.25) is 11.8 Å². The number of hydrogen-bond acceptors (Lipinski definition) is 10. The van der Waals surface area contributed by atoms with Gasteiger partial charge in [-0.15, -0.1) is 0 Å². The first-order valence-electron chi connectivity index (χ1n) is 17.6. The zero-order valence-corrected chi connectivity index (χ0v) is 32.5. The maximum atomic E-state index is 14.5. The van der Waals surface area contributed by atoms with Gasteiger partial charge < -0.3 is 19.3 Å². The largest absolute Gasteiger partial charge is 0.475 e. The fraction of sp³-hybridized carbons (Fsp3) is 0.462. The molecule has 0 spiro atoms. The van der Waals surface area contributed by atoms with Gasteiger partial charge in [0.05, 0.1) is 47.9 Å². The van der Waals surface area contributed by atoms with Crippen LogP contribution in [0.4, 0.5) is 11.6 Å². The zero-order valence-electron chi connectivity index (χ0n) is 31.7. The van der Waals surface area contributed by atoms with E-state index in [-0.39, 0.29) is 46.8 Å². The molecule has 0 radical (unpaired) electrons. The standard InChI is InChI=1S/C39H51N7O5S/c1-25(2)18-28-13-10-12-26(3)34(28)35-27(4)36-43-38(42-35)44-52(48,49)32-15-11-14-29(19-32)37(47)46(30(24-51-36)20-39(5,6)7)23-33-40-21-31(22-41-33)45(8)16-17-50-9/h10-15,19,21-22,25,30H,16-18,20,23-24H2,1-9H3,(H,42,43,44)/t30-/m1/s1. The van der Waals surface area contributed by atoms with Crippen LogP contribution in [0.2, 0.25) is 0 Å². The van der Waals surface area contributed by atoms with Crippen molar-refractivity contribution in [2.75, 3.05) is 43.5 Å². The van der Waals surface area contributed by atoms with Gasteiger partial charge in [-0.3, -0.25) is 4.79 Å². The molecule has 1 atom stereocenters. The van der Waals surface area contributed by atoms with Gasteiger partial charge in [0.1, 0.15) is 12.4 Å². The quantitative estimate of drug-likeness (QED) is 0.193. The highest BCUT2D eigenvalue weighted by molar-refractivity contribution is 7.92. The Bertz CT molecular complexity index is 2000. The molecule has 0 saturated carbocycles. The molecule has 1 N–H and O–H groups in total. The summed E-state index contributed by atoms with van der Waals surface area (Å²) in [5, 5.41) is 0. The number of carbonyl (C=O) groups is 1. The predicted octanol–water partition coefficient (Wildman–Crippen LogP) is 6.47. The van der Waals surface area contributed by atoms with Crippen molar-refractivity contribution in [3.63, 3.8) is 0 Å². The first kappa shape index (κ1) is 38.6. The second-order valence-corrected chi connectivity index (χ2v) is 16.8. The number of benzene rings is 2. The number of anilines is 2. The van der Waals surface area contributed by atoms with Crippen LogP contribution in [0.5, 0.6) is 5.88 Å². The number of rotatable bonds is 10. The third kappa shape index (κ3) is 9.23. The van der Waals surface area contributed by atoms with Gasteiger partial charge in [-0.25, -0.2) is 28.1 Å². The maximum Gasteiger partial charge on any atom is 0.264 e. The molecule has 0 aliphatic carbocycles. The van der Waals surface area contributed by atoms with E-state index in [1.807, 2.05) is 37.9 Å². The minimum Gasteiger partial charge on any atom is -0.475 e. The lowest BCUT2D eigenvalue weighted by atomic mass is 9.87. The average molecular weight is 730 g/mol. The number of sulfonamides is 1. The summed E-state index contributed by atoms with van der Waals surface area (Å²) in [5.41, 5.74) is 5.08. The molecule has 3 heterocycles. The molecule has 13 heteroatoms. The fourth-order valence-corrected chi connectivity index (χ4v) is 7.38. The third-order valence-electron chi connectivity index (χ3n) is 8.98. The normalized spacial score (nSPS) is 16.0. The number of hydrogen-bond donors (Lipinski definition) is 1. The van der Waals surface area contributed by atoms with E-state index in [4.69, 9.17) is 14.5 Å². The van der Waals surface area contributed by atoms with Crippen molar-refractivity contribution >= 4 is 27.6 Å². The summed E-state index contributed by atoms with van der Waals surface area (Å²) < 4.78 is 42.1. The highest BCUT2D eigenvalue weighted by Gasteiger charge is 2.32. The van der Waals surface area contributed by atoms with Crippen molar-refractivity contribution in [2.45, 2.75) is 78.8 Å². The van der Waals surface area contributed by atoms with Gasteiger partial charge in [0.25, 0.3) is 15.9 Å². The number of amides is 1. The van der Waals surface area contributed by atoms with Crippen LogP contribution in [0.15, 0.2) is 59.8 Å². The Morgan fingerprint density at radius 1 is 1.08 bits per heavy atom. The Kier molecular flexibility index (Phi) is 11.8. The Hall–Kier alpha value is -4.62. The average Bonchev–Trinajstić information content (AvgIpc) is 3.08. The van der Waals surface area contributed by atoms with Crippen molar-refractivity contribution in [3.05, 3.63) is 82.9 Å². The molecule has 5 rings (SSSR count). The van der Waals surface area contributed by atoms with E-state index in [1.165, 1.54) is 12.1 Å². The molecular formula is C39H51N7O5S. The molecule has 0 saturated heterocycles. The molecule has 1 aliphatic rings. The molecule has 0 unspecified atom stereocenters. The topological polar surface area (TPSA) is 140 Å². The van der Waals surface area contributed by atoms with Gasteiger partial charge in [-0.1, -0.05) is 58.9 Å². The molecule has 278 valence electrons. The van der Waals surface area contributed by atoms with Crippen LogP contribution in [0.1, 0.15) is 73.9 Å². The molecule has 1 amide bonds. The minimum atomic E-state index is -4.21. The molecule has 2 aromatic heterocycles. The van der Waals surface area contributed by atoms with Gasteiger partial charge in [-0.2, -0.15) is 4.98 Å². The number of nitrogens with zero attached hydrogens (tertiary/aromatic N) is 6. The first-order valence-corrected chi connectivity index (χ1v) is 19.1. The Morgan fingerprint density at radius 3 is 2.46 bits per heavy atom.